The van der Waals surface area contributed by atoms with Crippen molar-refractivity contribution in [3.05, 3.63) is 213 Å². The van der Waals surface area contributed by atoms with Crippen LogP contribution in [-0.2, 0) is 35.6 Å². The number of fused-ring (bicyclic) bond motifs is 2. The monoisotopic (exact) mass is 1100 g/mol. The van der Waals surface area contributed by atoms with Gasteiger partial charge < -0.3 is 0 Å². The standard InChI is InChI=1S/C64H62N4O.Pt/c1-43-30-32-65-60(34-43)66-33-31-53(46-35-47(62(2,3)4)37-48(36-46)63(5,6)7)54-29-28-52(41-59(54)66)69-51-25-19-24-50(40-51)67-42-68(58-27-18-17-26-57(58)67)61-55(44-20-13-11-14-21-44)38-49(64(8,9)10)39-56(61)45-22-15-12-16-23-45;/h11-30,32,34-39,53H,31,33H2,1-10H3;/q-2;. The van der Waals surface area contributed by atoms with Gasteiger partial charge in [-0.05, 0) is 40.5 Å². The summed E-state index contributed by atoms with van der Waals surface area (Å²) < 4.78 is 12.6. The number of hydrogen-bond donors (Lipinski definition) is 0. The SMILES string of the molecule is Cc1ccnc(N2CCC(c3cc(C(C)(C)C)cc(C(C)(C)C)c3)c3ccc(Oc4[c-]c(-n5[c](=[Pt])n(-c6c(-c7ccccc7)cc(C(C)(C)C)cc6-c6ccccc6)c6ccccc65)ccc4)[c-]c32)c1. The van der Waals surface area contributed by atoms with E-state index in [9.17, 15) is 0 Å². The molecule has 0 saturated heterocycles. The normalized spacial score (nSPS) is 14.2. The number of pyridine rings is 1. The first-order chi connectivity index (χ1) is 33.4. The van der Waals surface area contributed by atoms with Gasteiger partial charge in [-0.25, -0.2) is 0 Å². The first-order valence-electron chi connectivity index (χ1n) is 24.5. The topological polar surface area (TPSA) is 35.2 Å². The van der Waals surface area contributed by atoms with Crippen molar-refractivity contribution in [1.82, 2.24) is 14.1 Å². The second-order valence-electron chi connectivity index (χ2n) is 22.0. The molecule has 10 rings (SSSR count). The summed E-state index contributed by atoms with van der Waals surface area (Å²) in [4.78, 5) is 7.20. The number of hydrogen-bond acceptors (Lipinski definition) is 3. The van der Waals surface area contributed by atoms with Crippen molar-refractivity contribution in [2.45, 2.75) is 97.8 Å². The Morgan fingerprint density at radius 1 is 0.571 bits per heavy atom. The third-order valence-corrected chi connectivity index (χ3v) is 14.8. The third kappa shape index (κ3) is 9.17. The zero-order chi connectivity index (χ0) is 49.1. The van der Waals surface area contributed by atoms with Crippen LogP contribution in [0.1, 0.15) is 108 Å². The van der Waals surface area contributed by atoms with Gasteiger partial charge in [-0.3, -0.25) is 0 Å². The number of nitrogens with zero attached hydrogens (tertiary/aromatic N) is 4. The molecule has 0 bridgehead atoms. The van der Waals surface area contributed by atoms with Crippen molar-refractivity contribution in [3.63, 3.8) is 0 Å². The van der Waals surface area contributed by atoms with E-state index in [-0.39, 0.29) is 22.2 Å². The van der Waals surface area contributed by atoms with Crippen LogP contribution < -0.4 is 9.64 Å². The maximum atomic E-state index is 6.84. The Hall–Kier alpha value is -6.55. The van der Waals surface area contributed by atoms with Crippen molar-refractivity contribution in [2.24, 2.45) is 0 Å². The molecule has 70 heavy (non-hydrogen) atoms. The first kappa shape index (κ1) is 47.1. The predicted octanol–water partition coefficient (Wildman–Crippen LogP) is 16.5. The summed E-state index contributed by atoms with van der Waals surface area (Å²) in [5.41, 5.74) is 17.6. The molecule has 7 aromatic carbocycles. The minimum atomic E-state index is -0.0753. The third-order valence-electron chi connectivity index (χ3n) is 13.8. The van der Waals surface area contributed by atoms with E-state index in [1.165, 1.54) is 55.6 Å². The molecule has 0 aliphatic carbocycles. The fraction of sp³-hybridized carbons (Fsp3) is 0.250. The van der Waals surface area contributed by atoms with Gasteiger partial charge in [-0.1, -0.05) is 59.7 Å². The second-order valence-corrected chi connectivity index (χ2v) is 23.0. The van der Waals surface area contributed by atoms with Gasteiger partial charge >= 0.3 is 322 Å². The quantitative estimate of drug-likeness (QED) is 0.142. The minimum absolute atomic E-state index is 0.0130. The fourth-order valence-corrected chi connectivity index (χ4v) is 10.9. The van der Waals surface area contributed by atoms with Gasteiger partial charge in [0.05, 0.1) is 0 Å². The summed E-state index contributed by atoms with van der Waals surface area (Å²) in [6.07, 6.45) is 2.86. The molecule has 356 valence electrons. The number of rotatable bonds is 8. The Balaban J connectivity index is 1.10. The van der Waals surface area contributed by atoms with Gasteiger partial charge in [0.1, 0.15) is 0 Å². The van der Waals surface area contributed by atoms with Crippen molar-refractivity contribution < 1.29 is 24.1 Å². The molecule has 0 fully saturated rings. The molecule has 0 saturated carbocycles. The summed E-state index contributed by atoms with van der Waals surface area (Å²) in [6, 6.07) is 64.6. The Kier molecular flexibility index (Phi) is 12.3. The van der Waals surface area contributed by atoms with Crippen molar-refractivity contribution in [1.29, 1.82) is 0 Å². The Morgan fingerprint density at radius 3 is 1.71 bits per heavy atom. The van der Waals surface area contributed by atoms with Gasteiger partial charge in [-0.2, -0.15) is 0 Å². The summed E-state index contributed by atoms with van der Waals surface area (Å²) in [5, 5.41) is 0. The van der Waals surface area contributed by atoms with Crippen LogP contribution in [0.25, 0.3) is 44.7 Å². The molecule has 0 spiro atoms. The van der Waals surface area contributed by atoms with Crippen LogP contribution in [0, 0.1) is 22.9 Å². The van der Waals surface area contributed by atoms with Crippen molar-refractivity contribution >= 4 is 22.5 Å². The van der Waals surface area contributed by atoms with Crippen LogP contribution in [0.2, 0.25) is 0 Å². The summed E-state index contributed by atoms with van der Waals surface area (Å²) in [6.45, 7) is 23.7. The molecular weight excluding hydrogens is 1040 g/mol. The van der Waals surface area contributed by atoms with E-state index in [0.29, 0.717) is 11.5 Å². The van der Waals surface area contributed by atoms with E-state index in [1.54, 1.807) is 0 Å². The van der Waals surface area contributed by atoms with Gasteiger partial charge in [0, 0.05) is 6.20 Å². The zero-order valence-electron chi connectivity index (χ0n) is 42.1. The van der Waals surface area contributed by atoms with Crippen LogP contribution >= 0.6 is 0 Å². The maximum absolute atomic E-state index is 6.84. The first-order valence-corrected chi connectivity index (χ1v) is 25.7. The van der Waals surface area contributed by atoms with Gasteiger partial charge in [0.25, 0.3) is 0 Å². The number of para-hydroxylation sites is 2. The van der Waals surface area contributed by atoms with E-state index < -0.39 is 0 Å². The van der Waals surface area contributed by atoms with Gasteiger partial charge in [-0.15, -0.1) is 0 Å². The van der Waals surface area contributed by atoms with Crippen LogP contribution in [0.4, 0.5) is 11.5 Å². The molecule has 1 aliphatic heterocycles. The summed E-state index contributed by atoms with van der Waals surface area (Å²) in [7, 11) is 0. The molecule has 5 nitrogen and oxygen atoms in total. The summed E-state index contributed by atoms with van der Waals surface area (Å²) in [5.74, 6) is 2.34. The Morgan fingerprint density at radius 2 is 1.13 bits per heavy atom. The van der Waals surface area contributed by atoms with Crippen LogP contribution in [0.15, 0.2) is 164 Å². The van der Waals surface area contributed by atoms with E-state index in [2.05, 4.69) is 266 Å². The van der Waals surface area contributed by atoms with Gasteiger partial charge in [0.15, 0.2) is 0 Å². The second kappa shape index (κ2) is 18.3. The number of aromatic nitrogens is 3. The van der Waals surface area contributed by atoms with Crippen molar-refractivity contribution in [3.8, 4) is 45.1 Å². The van der Waals surface area contributed by atoms with Crippen LogP contribution in [0.3, 0.4) is 0 Å². The van der Waals surface area contributed by atoms with Crippen LogP contribution in [-0.4, -0.2) is 20.7 Å². The van der Waals surface area contributed by atoms with Crippen molar-refractivity contribution in [2.75, 3.05) is 11.4 Å². The molecule has 1 unspecified atom stereocenters. The predicted molar refractivity (Wildman–Crippen MR) is 286 cm³/mol. The fourth-order valence-electron chi connectivity index (χ4n) is 9.81. The Bertz CT molecular complexity index is 3360. The molecule has 0 amide bonds. The van der Waals surface area contributed by atoms with E-state index in [1.807, 2.05) is 12.3 Å². The molecule has 3 heterocycles. The van der Waals surface area contributed by atoms with E-state index in [0.717, 1.165) is 50.7 Å². The molecule has 6 heteroatoms. The molecule has 2 aromatic heterocycles. The molecule has 9 aromatic rings. The average molecular weight is 1100 g/mol. The number of anilines is 2. The molecule has 1 aliphatic rings. The number of aryl methyl sites for hydroxylation is 1. The zero-order valence-corrected chi connectivity index (χ0v) is 44.4. The van der Waals surface area contributed by atoms with E-state index >= 15 is 0 Å². The molecule has 0 N–H and O–H groups in total. The van der Waals surface area contributed by atoms with E-state index in [4.69, 9.17) is 9.72 Å². The molecule has 1 atom stereocenters. The Labute approximate surface area is 425 Å². The average Bonchev–Trinajstić information content (AvgIpc) is 3.63. The van der Waals surface area contributed by atoms with Crippen LogP contribution in [0.5, 0.6) is 11.5 Å². The van der Waals surface area contributed by atoms with Gasteiger partial charge in [0.2, 0.25) is 0 Å². The molecule has 0 radical (unpaired) electrons. The number of imidazole rings is 1. The number of ether oxygens (including phenoxy) is 1. The molecular formula is C64H62N4OPt-2. The number of benzene rings is 7. The summed E-state index contributed by atoms with van der Waals surface area (Å²) >= 11 is 2.51.